The Balaban J connectivity index is 1.41. The predicted octanol–water partition coefficient (Wildman–Crippen LogP) is 4.41. The quantitative estimate of drug-likeness (QED) is 0.487. The van der Waals surface area contributed by atoms with E-state index in [2.05, 4.69) is 16.8 Å². The van der Waals surface area contributed by atoms with Crippen LogP contribution in [0.5, 0.6) is 0 Å². The summed E-state index contributed by atoms with van der Waals surface area (Å²) >= 11 is 6.24. The van der Waals surface area contributed by atoms with Crippen LogP contribution in [0, 0.1) is 23.0 Å². The Labute approximate surface area is 195 Å². The molecule has 0 amide bonds. The van der Waals surface area contributed by atoms with E-state index in [1.54, 1.807) is 0 Å². The van der Waals surface area contributed by atoms with E-state index < -0.39 is 43.3 Å². The molecule has 2 aliphatic heterocycles. The van der Waals surface area contributed by atoms with Gasteiger partial charge in [-0.15, -0.1) is 0 Å². The Bertz CT molecular complexity index is 1210. The minimum atomic E-state index is -4.73. The van der Waals surface area contributed by atoms with E-state index in [-0.39, 0.29) is 11.1 Å². The first-order chi connectivity index (χ1) is 15.6. The number of aromatic nitrogens is 1. The summed E-state index contributed by atoms with van der Waals surface area (Å²) in [7, 11) is -4.73. The average molecular weight is 501 g/mol. The van der Waals surface area contributed by atoms with Crippen molar-refractivity contribution in [2.75, 3.05) is 29.3 Å². The van der Waals surface area contributed by atoms with Crippen molar-refractivity contribution in [2.24, 2.45) is 5.41 Å². The highest BCUT2D eigenvalue weighted by Gasteiger charge is 2.55. The highest BCUT2D eigenvalue weighted by molar-refractivity contribution is 7.92. The third kappa shape index (κ3) is 3.76. The number of benzene rings is 1. The van der Waals surface area contributed by atoms with E-state index in [0.29, 0.717) is 25.2 Å². The van der Waals surface area contributed by atoms with Crippen molar-refractivity contribution < 1.29 is 21.6 Å². The number of halogens is 4. The molecule has 3 aliphatic rings. The van der Waals surface area contributed by atoms with Crippen molar-refractivity contribution in [3.05, 3.63) is 46.9 Å². The Kier molecular flexibility index (Phi) is 5.53. The monoisotopic (exact) mass is 500 g/mol. The van der Waals surface area contributed by atoms with Gasteiger partial charge in [-0.05, 0) is 44.7 Å². The first-order valence-electron chi connectivity index (χ1n) is 10.9. The van der Waals surface area contributed by atoms with E-state index in [4.69, 9.17) is 11.6 Å². The molecule has 1 aromatic carbocycles. The molecule has 6 nitrogen and oxygen atoms in total. The molecule has 33 heavy (non-hydrogen) atoms. The van der Waals surface area contributed by atoms with E-state index in [1.807, 2.05) is 9.62 Å². The van der Waals surface area contributed by atoms with Gasteiger partial charge in [0.2, 0.25) is 5.95 Å². The van der Waals surface area contributed by atoms with Gasteiger partial charge in [0.25, 0.3) is 10.0 Å². The fraction of sp³-hybridized carbons (Fsp3) is 0.500. The summed E-state index contributed by atoms with van der Waals surface area (Å²) in [4.78, 5) is 6.52. The van der Waals surface area contributed by atoms with Crippen LogP contribution >= 0.6 is 11.6 Å². The SMILES string of the molecule is C[C@@H]1CCN1C1CC[C@@]12CCN(c1cc(F)c(S(=O)(=O)Nc3cccc(F)n3)c(F)c1Cl)C2. The van der Waals surface area contributed by atoms with E-state index >= 15 is 4.39 Å². The van der Waals surface area contributed by atoms with Crippen LogP contribution < -0.4 is 9.62 Å². The molecule has 1 N–H and O–H groups in total. The van der Waals surface area contributed by atoms with E-state index in [0.717, 1.165) is 37.9 Å². The second-order valence-electron chi connectivity index (χ2n) is 9.25. The average Bonchev–Trinajstić information content (AvgIpc) is 3.20. The predicted molar refractivity (Wildman–Crippen MR) is 119 cm³/mol. The van der Waals surface area contributed by atoms with Crippen LogP contribution in [-0.2, 0) is 10.0 Å². The van der Waals surface area contributed by atoms with Gasteiger partial charge in [-0.25, -0.2) is 22.2 Å². The number of likely N-dealkylation sites (tertiary alicyclic amines) is 1. The van der Waals surface area contributed by atoms with Gasteiger partial charge < -0.3 is 4.90 Å². The summed E-state index contributed by atoms with van der Waals surface area (Å²) < 4.78 is 70.6. The molecule has 1 spiro atoms. The molecule has 1 aliphatic carbocycles. The summed E-state index contributed by atoms with van der Waals surface area (Å²) in [6.07, 6.45) is 4.25. The van der Waals surface area contributed by atoms with Gasteiger partial charge in [0.1, 0.15) is 16.7 Å². The van der Waals surface area contributed by atoms with Crippen LogP contribution in [0.4, 0.5) is 24.7 Å². The van der Waals surface area contributed by atoms with Gasteiger partial charge in [-0.2, -0.15) is 4.39 Å². The van der Waals surface area contributed by atoms with Crippen molar-refractivity contribution >= 4 is 33.1 Å². The molecular weight excluding hydrogens is 477 g/mol. The summed E-state index contributed by atoms with van der Waals surface area (Å²) in [6.45, 7) is 4.51. The summed E-state index contributed by atoms with van der Waals surface area (Å²) in [5.74, 6) is -3.97. The van der Waals surface area contributed by atoms with Crippen molar-refractivity contribution in [1.29, 1.82) is 0 Å². The first kappa shape index (κ1) is 22.7. The van der Waals surface area contributed by atoms with Gasteiger partial charge in [0.15, 0.2) is 10.7 Å². The molecule has 1 aromatic heterocycles. The van der Waals surface area contributed by atoms with Gasteiger partial charge in [-0.1, -0.05) is 17.7 Å². The molecule has 0 radical (unpaired) electrons. The zero-order valence-electron chi connectivity index (χ0n) is 18.0. The van der Waals surface area contributed by atoms with Crippen molar-refractivity contribution in [3.8, 4) is 0 Å². The maximum absolute atomic E-state index is 15.1. The lowest BCUT2D eigenvalue weighted by atomic mass is 9.62. The molecule has 3 heterocycles. The standard InChI is InChI=1S/C22H24ClF3N4O2S/c1-13-6-9-30(13)16-5-7-22(16)8-10-29(12-22)15-11-14(24)21(20(26)19(15)23)33(31,32)28-18-4-2-3-17(25)27-18/h2-4,11,13,16H,5-10,12H2,1H3,(H,27,28)/t13-,16?,22+/m1/s1. The van der Waals surface area contributed by atoms with Crippen molar-refractivity contribution in [1.82, 2.24) is 9.88 Å². The third-order valence-electron chi connectivity index (χ3n) is 7.44. The summed E-state index contributed by atoms with van der Waals surface area (Å²) in [6, 6.07) is 5.40. The molecular formula is C22H24ClF3N4O2S. The second kappa shape index (κ2) is 8.02. The van der Waals surface area contributed by atoms with Crippen LogP contribution in [-0.4, -0.2) is 50.0 Å². The number of hydrogen-bond donors (Lipinski definition) is 1. The Morgan fingerprint density at radius 1 is 1.18 bits per heavy atom. The topological polar surface area (TPSA) is 65.5 Å². The number of pyridine rings is 1. The largest absolute Gasteiger partial charge is 0.370 e. The second-order valence-corrected chi connectivity index (χ2v) is 11.2. The Morgan fingerprint density at radius 3 is 2.58 bits per heavy atom. The first-order valence-corrected chi connectivity index (χ1v) is 12.8. The van der Waals surface area contributed by atoms with Crippen molar-refractivity contribution in [3.63, 3.8) is 0 Å². The molecule has 3 atom stereocenters. The van der Waals surface area contributed by atoms with Crippen LogP contribution in [0.1, 0.15) is 32.6 Å². The van der Waals surface area contributed by atoms with E-state index in [1.165, 1.54) is 18.6 Å². The molecule has 178 valence electrons. The number of hydrogen-bond acceptors (Lipinski definition) is 5. The smallest absolute Gasteiger partial charge is 0.268 e. The molecule has 1 unspecified atom stereocenters. The number of rotatable bonds is 5. The zero-order valence-corrected chi connectivity index (χ0v) is 19.6. The molecule has 3 fully saturated rings. The highest BCUT2D eigenvalue weighted by Crippen LogP contribution is 2.54. The van der Waals surface area contributed by atoms with Crippen LogP contribution in [0.15, 0.2) is 29.2 Å². The lowest BCUT2D eigenvalue weighted by Crippen LogP contribution is -2.63. The van der Waals surface area contributed by atoms with Crippen LogP contribution in [0.25, 0.3) is 0 Å². The normalized spacial score (nSPS) is 27.5. The lowest BCUT2D eigenvalue weighted by molar-refractivity contribution is -0.0728. The van der Waals surface area contributed by atoms with E-state index in [9.17, 15) is 17.2 Å². The number of nitrogens with one attached hydrogen (secondary N) is 1. The minimum absolute atomic E-state index is 0.0698. The molecule has 0 bridgehead atoms. The zero-order chi connectivity index (χ0) is 23.5. The molecule has 2 saturated heterocycles. The summed E-state index contributed by atoms with van der Waals surface area (Å²) in [5, 5.41) is -0.450. The molecule has 2 aromatic rings. The highest BCUT2D eigenvalue weighted by atomic mass is 35.5. The minimum Gasteiger partial charge on any atom is -0.370 e. The molecule has 5 rings (SSSR count). The van der Waals surface area contributed by atoms with Gasteiger partial charge in [0.05, 0.1) is 5.69 Å². The maximum atomic E-state index is 15.1. The fourth-order valence-corrected chi connectivity index (χ4v) is 6.94. The van der Waals surface area contributed by atoms with Crippen LogP contribution in [0.2, 0.25) is 5.02 Å². The van der Waals surface area contributed by atoms with Gasteiger partial charge >= 0.3 is 0 Å². The molecule has 11 heteroatoms. The van der Waals surface area contributed by atoms with Crippen LogP contribution in [0.3, 0.4) is 0 Å². The Hall–Kier alpha value is -2.04. The number of nitrogens with zero attached hydrogens (tertiary/aromatic N) is 3. The van der Waals surface area contributed by atoms with Gasteiger partial charge in [-0.3, -0.25) is 9.62 Å². The van der Waals surface area contributed by atoms with Crippen molar-refractivity contribution in [2.45, 2.75) is 49.6 Å². The lowest BCUT2D eigenvalue weighted by Gasteiger charge is -2.58. The third-order valence-corrected chi connectivity index (χ3v) is 9.19. The maximum Gasteiger partial charge on any atom is 0.268 e. The Morgan fingerprint density at radius 2 is 1.97 bits per heavy atom. The van der Waals surface area contributed by atoms with Gasteiger partial charge in [0, 0.05) is 43.2 Å². The molecule has 1 saturated carbocycles. The fourth-order valence-electron chi connectivity index (χ4n) is 5.47. The number of anilines is 2. The number of sulfonamides is 1. The summed E-state index contributed by atoms with van der Waals surface area (Å²) in [5.41, 5.74) is 0.217.